The van der Waals surface area contributed by atoms with E-state index in [2.05, 4.69) is 6.58 Å². The largest absolute Gasteiger partial charge is 0.395 e. The maximum absolute atomic E-state index is 12.8. The monoisotopic (exact) mass is 243 g/mol. The molecule has 1 aromatic carbocycles. The van der Waals surface area contributed by atoms with Crippen LogP contribution in [0.25, 0.3) is 0 Å². The first-order valence-electron chi connectivity index (χ1n) is 5.05. The second-order valence-corrected chi connectivity index (χ2v) is 3.89. The first-order chi connectivity index (χ1) is 7.67. The van der Waals surface area contributed by atoms with E-state index < -0.39 is 0 Å². The van der Waals surface area contributed by atoms with Gasteiger partial charge in [0.05, 0.1) is 6.61 Å². The van der Waals surface area contributed by atoms with Gasteiger partial charge in [0, 0.05) is 24.7 Å². The Bertz CT molecular complexity index is 357. The van der Waals surface area contributed by atoms with Crippen LogP contribution >= 0.6 is 11.6 Å². The molecule has 2 nitrogen and oxygen atoms in total. The number of nitrogens with zero attached hydrogens (tertiary/aromatic N) is 1. The van der Waals surface area contributed by atoms with Crippen LogP contribution in [0, 0.1) is 5.82 Å². The fourth-order valence-electron chi connectivity index (χ4n) is 1.45. The van der Waals surface area contributed by atoms with Crippen LogP contribution < -0.4 is 0 Å². The van der Waals surface area contributed by atoms with Crippen LogP contribution in [-0.4, -0.2) is 29.7 Å². The summed E-state index contributed by atoms with van der Waals surface area (Å²) in [6.07, 6.45) is 1.76. The van der Waals surface area contributed by atoms with Crippen LogP contribution in [0.15, 0.2) is 30.9 Å². The third-order valence-electron chi connectivity index (χ3n) is 2.21. The Morgan fingerprint density at radius 1 is 1.50 bits per heavy atom. The van der Waals surface area contributed by atoms with E-state index in [1.807, 2.05) is 4.90 Å². The molecule has 0 saturated heterocycles. The van der Waals surface area contributed by atoms with Gasteiger partial charge in [-0.15, -0.1) is 6.58 Å². The van der Waals surface area contributed by atoms with Crippen molar-refractivity contribution < 1.29 is 9.50 Å². The van der Waals surface area contributed by atoms with Crippen molar-refractivity contribution in [1.29, 1.82) is 0 Å². The maximum Gasteiger partial charge on any atom is 0.124 e. The molecule has 0 heterocycles. The highest BCUT2D eigenvalue weighted by Crippen LogP contribution is 2.18. The third-order valence-corrected chi connectivity index (χ3v) is 2.56. The molecule has 16 heavy (non-hydrogen) atoms. The van der Waals surface area contributed by atoms with Crippen LogP contribution in [0.1, 0.15) is 5.56 Å². The van der Waals surface area contributed by atoms with Gasteiger partial charge in [-0.25, -0.2) is 4.39 Å². The lowest BCUT2D eigenvalue weighted by atomic mass is 10.2. The van der Waals surface area contributed by atoms with E-state index in [4.69, 9.17) is 16.7 Å². The topological polar surface area (TPSA) is 23.5 Å². The SMILES string of the molecule is C=CCN(CCO)Cc1ccc(F)cc1Cl. The van der Waals surface area contributed by atoms with Crippen molar-refractivity contribution in [3.05, 3.63) is 47.3 Å². The van der Waals surface area contributed by atoms with Gasteiger partial charge in [0.25, 0.3) is 0 Å². The van der Waals surface area contributed by atoms with Crippen molar-refractivity contribution in [2.45, 2.75) is 6.54 Å². The summed E-state index contributed by atoms with van der Waals surface area (Å²) in [5.74, 6) is -0.342. The van der Waals surface area contributed by atoms with Gasteiger partial charge in [-0.3, -0.25) is 4.90 Å². The molecule has 1 aromatic rings. The van der Waals surface area contributed by atoms with Crippen molar-refractivity contribution in [2.24, 2.45) is 0 Å². The second kappa shape index (κ2) is 6.63. The van der Waals surface area contributed by atoms with Gasteiger partial charge in [-0.1, -0.05) is 23.7 Å². The first kappa shape index (κ1) is 13.2. The van der Waals surface area contributed by atoms with E-state index in [-0.39, 0.29) is 12.4 Å². The summed E-state index contributed by atoms with van der Waals surface area (Å²) in [5.41, 5.74) is 0.846. The van der Waals surface area contributed by atoms with E-state index in [0.29, 0.717) is 24.7 Å². The quantitative estimate of drug-likeness (QED) is 0.776. The molecule has 0 spiro atoms. The van der Waals surface area contributed by atoms with Gasteiger partial charge in [0.1, 0.15) is 5.82 Å². The van der Waals surface area contributed by atoms with Gasteiger partial charge in [0.15, 0.2) is 0 Å². The van der Waals surface area contributed by atoms with Gasteiger partial charge in [-0.05, 0) is 17.7 Å². The van der Waals surface area contributed by atoms with Crippen LogP contribution in [0.3, 0.4) is 0 Å². The molecule has 0 saturated carbocycles. The number of hydrogen-bond donors (Lipinski definition) is 1. The zero-order chi connectivity index (χ0) is 12.0. The number of aliphatic hydroxyl groups excluding tert-OH is 1. The summed E-state index contributed by atoms with van der Waals surface area (Å²) in [5, 5.41) is 9.30. The lowest BCUT2D eigenvalue weighted by Crippen LogP contribution is -2.26. The van der Waals surface area contributed by atoms with Gasteiger partial charge >= 0.3 is 0 Å². The molecule has 0 aliphatic carbocycles. The molecule has 4 heteroatoms. The van der Waals surface area contributed by atoms with Crippen molar-refractivity contribution in [3.63, 3.8) is 0 Å². The van der Waals surface area contributed by atoms with Crippen molar-refractivity contribution >= 4 is 11.6 Å². The van der Waals surface area contributed by atoms with E-state index in [0.717, 1.165) is 5.56 Å². The van der Waals surface area contributed by atoms with E-state index >= 15 is 0 Å². The zero-order valence-electron chi connectivity index (χ0n) is 9.00. The Morgan fingerprint density at radius 3 is 2.81 bits per heavy atom. The average Bonchev–Trinajstić information content (AvgIpc) is 2.23. The van der Waals surface area contributed by atoms with E-state index in [1.54, 1.807) is 12.1 Å². The molecular formula is C12H15ClFNO. The molecule has 0 aliphatic heterocycles. The fraction of sp³-hybridized carbons (Fsp3) is 0.333. The van der Waals surface area contributed by atoms with Gasteiger partial charge in [0.2, 0.25) is 0 Å². The lowest BCUT2D eigenvalue weighted by molar-refractivity contribution is 0.203. The van der Waals surface area contributed by atoms with Crippen LogP contribution in [-0.2, 0) is 6.54 Å². The molecule has 0 unspecified atom stereocenters. The minimum atomic E-state index is -0.342. The van der Waals surface area contributed by atoms with Gasteiger partial charge in [-0.2, -0.15) is 0 Å². The highest BCUT2D eigenvalue weighted by molar-refractivity contribution is 6.31. The number of halogens is 2. The van der Waals surface area contributed by atoms with Crippen molar-refractivity contribution in [3.8, 4) is 0 Å². The van der Waals surface area contributed by atoms with Crippen LogP contribution in [0.4, 0.5) is 4.39 Å². The van der Waals surface area contributed by atoms with Crippen LogP contribution in [0.5, 0.6) is 0 Å². The summed E-state index contributed by atoms with van der Waals surface area (Å²) in [7, 11) is 0. The molecule has 0 amide bonds. The molecule has 0 radical (unpaired) electrons. The van der Waals surface area contributed by atoms with Gasteiger partial charge < -0.3 is 5.11 Å². The highest BCUT2D eigenvalue weighted by Gasteiger charge is 2.07. The Labute approximate surface area is 100.0 Å². The highest BCUT2D eigenvalue weighted by atomic mass is 35.5. The molecule has 88 valence electrons. The van der Waals surface area contributed by atoms with Crippen molar-refractivity contribution in [1.82, 2.24) is 4.90 Å². The average molecular weight is 244 g/mol. The number of benzene rings is 1. The fourth-order valence-corrected chi connectivity index (χ4v) is 1.68. The first-order valence-corrected chi connectivity index (χ1v) is 5.43. The Morgan fingerprint density at radius 2 is 2.25 bits per heavy atom. The summed E-state index contributed by atoms with van der Waals surface area (Å²) < 4.78 is 12.8. The van der Waals surface area contributed by atoms with E-state index in [9.17, 15) is 4.39 Å². The van der Waals surface area contributed by atoms with Crippen molar-refractivity contribution in [2.75, 3.05) is 19.7 Å². The number of rotatable bonds is 6. The Hall–Kier alpha value is -0.900. The normalized spacial score (nSPS) is 10.8. The third kappa shape index (κ3) is 3.93. The predicted molar refractivity (Wildman–Crippen MR) is 64.0 cm³/mol. The lowest BCUT2D eigenvalue weighted by Gasteiger charge is -2.20. The molecule has 0 aliphatic rings. The zero-order valence-corrected chi connectivity index (χ0v) is 9.75. The Kier molecular flexibility index (Phi) is 5.46. The minimum Gasteiger partial charge on any atom is -0.395 e. The standard InChI is InChI=1S/C12H15ClFNO/c1-2-5-15(6-7-16)9-10-3-4-11(14)8-12(10)13/h2-4,8,16H,1,5-7,9H2. The number of aliphatic hydroxyl groups is 1. The maximum atomic E-state index is 12.8. The Balaban J connectivity index is 2.72. The summed E-state index contributed by atoms with van der Waals surface area (Å²) in [6.45, 7) is 5.50. The molecule has 1 rings (SSSR count). The number of hydrogen-bond acceptors (Lipinski definition) is 2. The molecule has 0 bridgehead atoms. The summed E-state index contributed by atoms with van der Waals surface area (Å²) in [4.78, 5) is 1.98. The van der Waals surface area contributed by atoms with E-state index in [1.165, 1.54) is 12.1 Å². The summed E-state index contributed by atoms with van der Waals surface area (Å²) >= 11 is 5.92. The minimum absolute atomic E-state index is 0.0760. The molecular weight excluding hydrogens is 229 g/mol. The second-order valence-electron chi connectivity index (χ2n) is 3.48. The molecule has 0 aromatic heterocycles. The predicted octanol–water partition coefficient (Wildman–Crippen LogP) is 2.46. The molecule has 0 fully saturated rings. The smallest absolute Gasteiger partial charge is 0.124 e. The molecule has 0 atom stereocenters. The summed E-state index contributed by atoms with van der Waals surface area (Å²) in [6, 6.07) is 4.33. The van der Waals surface area contributed by atoms with Crippen LogP contribution in [0.2, 0.25) is 5.02 Å². The molecule has 1 N–H and O–H groups in total.